The van der Waals surface area contributed by atoms with Gasteiger partial charge in [0.1, 0.15) is 30.3 Å². The number of alkyl halides is 5. The van der Waals surface area contributed by atoms with Crippen LogP contribution in [0.15, 0.2) is 47.3 Å². The monoisotopic (exact) mass is 833 g/mol. The molecule has 13 nitrogen and oxygen atoms in total. The Morgan fingerprint density at radius 3 is 2.37 bits per heavy atom. The van der Waals surface area contributed by atoms with Crippen LogP contribution in [-0.2, 0) is 16.0 Å². The quantitative estimate of drug-likeness (QED) is 0.101. The van der Waals surface area contributed by atoms with Gasteiger partial charge in [-0.3, -0.25) is 24.4 Å². The van der Waals surface area contributed by atoms with Crippen LogP contribution in [0.1, 0.15) is 84.2 Å². The summed E-state index contributed by atoms with van der Waals surface area (Å²) in [6, 6.07) is 5.09. The molecule has 2 aliphatic heterocycles. The van der Waals surface area contributed by atoms with Gasteiger partial charge in [-0.15, -0.1) is 0 Å². The van der Waals surface area contributed by atoms with Crippen molar-refractivity contribution in [2.75, 3.05) is 56.4 Å². The van der Waals surface area contributed by atoms with E-state index in [0.29, 0.717) is 37.3 Å². The van der Waals surface area contributed by atoms with Crippen LogP contribution in [0.25, 0.3) is 11.5 Å². The zero-order valence-electron chi connectivity index (χ0n) is 31.7. The van der Waals surface area contributed by atoms with Crippen LogP contribution in [0, 0.1) is 17.6 Å². The predicted octanol–water partition coefficient (Wildman–Crippen LogP) is 6.49. The van der Waals surface area contributed by atoms with E-state index in [1.807, 2.05) is 0 Å². The minimum Gasteiger partial charge on any atom is -0.444 e. The summed E-state index contributed by atoms with van der Waals surface area (Å²) in [6.07, 6.45) is -0.142. The van der Waals surface area contributed by atoms with Crippen LogP contribution in [0.3, 0.4) is 0 Å². The van der Waals surface area contributed by atoms with Gasteiger partial charge in [0.25, 0.3) is 12.3 Å². The lowest BCUT2D eigenvalue weighted by Gasteiger charge is -2.38. The summed E-state index contributed by atoms with van der Waals surface area (Å²) < 4.78 is 103. The molecule has 1 aromatic carbocycles. The number of benzene rings is 1. The first-order chi connectivity index (χ1) is 28.2. The number of carbonyl (C=O) groups is 3. The van der Waals surface area contributed by atoms with Gasteiger partial charge in [0.05, 0.1) is 17.6 Å². The van der Waals surface area contributed by atoms with Crippen molar-refractivity contribution in [3.63, 3.8) is 0 Å². The van der Waals surface area contributed by atoms with E-state index in [9.17, 15) is 45.1 Å². The Balaban J connectivity index is 0.863. The number of carbonyl (C=O) groups excluding carboxylic acids is 3. The molecule has 3 amide bonds. The fraction of sp³-hybridized carbons (Fsp3) is 0.487. The Morgan fingerprint density at radius 2 is 1.69 bits per heavy atom. The van der Waals surface area contributed by atoms with E-state index in [1.54, 1.807) is 0 Å². The second kappa shape index (κ2) is 17.9. The molecular weight excluding hydrogens is 791 g/mol. The second-order valence-corrected chi connectivity index (χ2v) is 15.1. The van der Waals surface area contributed by atoms with Crippen LogP contribution in [0.4, 0.5) is 42.2 Å². The molecule has 3 aromatic heterocycles. The number of anilines is 2. The number of nitrogens with one attached hydrogen (secondary N) is 3. The summed E-state index contributed by atoms with van der Waals surface area (Å²) in [5, 5.41) is 10.9. The highest BCUT2D eigenvalue weighted by atomic mass is 19.4. The van der Waals surface area contributed by atoms with Crippen molar-refractivity contribution in [2.45, 2.75) is 69.5 Å². The molecule has 3 fully saturated rings. The number of piperidine rings is 1. The predicted molar refractivity (Wildman–Crippen MR) is 198 cm³/mol. The number of halogens is 7. The lowest BCUT2D eigenvalue weighted by atomic mass is 9.85. The van der Waals surface area contributed by atoms with Crippen LogP contribution in [-0.4, -0.2) is 99.3 Å². The van der Waals surface area contributed by atoms with Crippen LogP contribution < -0.4 is 16.0 Å². The van der Waals surface area contributed by atoms with Gasteiger partial charge in [0.15, 0.2) is 11.4 Å². The van der Waals surface area contributed by atoms with Crippen molar-refractivity contribution < 1.29 is 49.5 Å². The normalized spacial score (nSPS) is 20.8. The molecule has 3 aliphatic rings. The van der Waals surface area contributed by atoms with Gasteiger partial charge in [0.2, 0.25) is 17.7 Å². The number of pyridine rings is 1. The maximum absolute atomic E-state index is 15.0. The van der Waals surface area contributed by atoms with E-state index < -0.39 is 60.1 Å². The third-order valence-corrected chi connectivity index (χ3v) is 11.0. The van der Waals surface area contributed by atoms with Gasteiger partial charge in [-0.2, -0.15) is 18.3 Å². The zero-order chi connectivity index (χ0) is 41.8. The van der Waals surface area contributed by atoms with Crippen molar-refractivity contribution in [1.29, 1.82) is 0 Å². The van der Waals surface area contributed by atoms with Crippen LogP contribution in [0.5, 0.6) is 0 Å². The molecule has 5 heterocycles. The summed E-state index contributed by atoms with van der Waals surface area (Å²) in [6.45, 7) is 3.42. The molecule has 0 unspecified atom stereocenters. The third-order valence-electron chi connectivity index (χ3n) is 11.0. The van der Waals surface area contributed by atoms with E-state index in [4.69, 9.17) is 4.42 Å². The topological polar surface area (TPSA) is 151 Å². The zero-order valence-corrected chi connectivity index (χ0v) is 31.7. The second-order valence-electron chi connectivity index (χ2n) is 15.1. The molecule has 7 rings (SSSR count). The Morgan fingerprint density at radius 1 is 0.983 bits per heavy atom. The molecule has 59 heavy (non-hydrogen) atoms. The molecule has 1 saturated carbocycles. The summed E-state index contributed by atoms with van der Waals surface area (Å²) in [7, 11) is 0. The van der Waals surface area contributed by atoms with Crippen molar-refractivity contribution >= 4 is 29.2 Å². The van der Waals surface area contributed by atoms with Crippen LogP contribution in [0.2, 0.25) is 0 Å². The Bertz CT molecular complexity index is 2120. The van der Waals surface area contributed by atoms with Crippen LogP contribution >= 0.6 is 0 Å². The number of piperazine rings is 1. The summed E-state index contributed by atoms with van der Waals surface area (Å²) >= 11 is 0. The molecule has 1 aliphatic carbocycles. The molecule has 0 bridgehead atoms. The average Bonchev–Trinajstić information content (AvgIpc) is 3.86. The van der Waals surface area contributed by atoms with E-state index in [-0.39, 0.29) is 53.1 Å². The highest BCUT2D eigenvalue weighted by Crippen LogP contribution is 2.36. The molecular formula is C39H42F7N9O4. The number of hydrogen-bond donors (Lipinski definition) is 3. The number of imide groups is 1. The maximum Gasteiger partial charge on any atom is 0.405 e. The molecule has 4 aromatic rings. The third kappa shape index (κ3) is 10.4. The number of hydrogen-bond acceptors (Lipinski definition) is 10. The Kier molecular flexibility index (Phi) is 12.6. The SMILES string of the molecule is O=C1CC[C@H](c2c(F)cc(CCN3CCN(CC4CCC(n5cc(NC(=O)c6coc(-c7ccnc(NCC(F)(F)F)c7)n6)c(C(F)F)n5)CC4)CC3)cc2F)C(=O)N1. The average molecular weight is 834 g/mol. The molecule has 316 valence electrons. The number of nitrogens with zero attached hydrogens (tertiary/aromatic N) is 6. The van der Waals surface area contributed by atoms with Crippen molar-refractivity contribution in [2.24, 2.45) is 5.92 Å². The number of amides is 3. The Hall–Kier alpha value is -5.37. The fourth-order valence-electron chi connectivity index (χ4n) is 7.92. The smallest absolute Gasteiger partial charge is 0.405 e. The van der Waals surface area contributed by atoms with Crippen molar-refractivity contribution in [3.05, 3.63) is 77.1 Å². The summed E-state index contributed by atoms with van der Waals surface area (Å²) in [5.74, 6) is -4.35. The lowest BCUT2D eigenvalue weighted by Crippen LogP contribution is -2.48. The number of oxazole rings is 1. The summed E-state index contributed by atoms with van der Waals surface area (Å²) in [5.41, 5.74) is -0.558. The lowest BCUT2D eigenvalue weighted by molar-refractivity contribution is -0.134. The maximum atomic E-state index is 15.0. The van der Waals surface area contributed by atoms with E-state index >= 15 is 0 Å². The first kappa shape index (κ1) is 41.8. The van der Waals surface area contributed by atoms with E-state index in [0.717, 1.165) is 51.8 Å². The molecule has 1 atom stereocenters. The minimum absolute atomic E-state index is 0.0287. The van der Waals surface area contributed by atoms with E-state index in [1.165, 1.54) is 41.3 Å². The van der Waals surface area contributed by atoms with Crippen molar-refractivity contribution in [1.82, 2.24) is 34.9 Å². The largest absolute Gasteiger partial charge is 0.444 e. The van der Waals surface area contributed by atoms with Gasteiger partial charge in [-0.25, -0.2) is 27.5 Å². The van der Waals surface area contributed by atoms with Gasteiger partial charge in [-0.05, 0) is 74.3 Å². The van der Waals surface area contributed by atoms with Gasteiger partial charge in [-0.1, -0.05) is 0 Å². The standard InChI is InChI=1S/C39H42F7N9O4/c40-27-15-23(16-28(41)33(27)26-5-6-32(56)51-36(26)57)8-10-53-11-13-54(14-12-53)18-22-1-3-25(4-2-22)55-19-29(34(52-55)35(42)43)49-37(58)30-20-59-38(50-30)24-7-9-47-31(17-24)48-21-39(44,45)46/h7,9,15-17,19-20,22,25-26,35H,1-6,8,10-14,18,21H2,(H,47,48)(H,49,58)(H,51,56,57)/t22?,25?,26-/m1/s1. The molecule has 2 saturated heterocycles. The molecule has 20 heteroatoms. The fourth-order valence-corrected chi connectivity index (χ4v) is 7.92. The number of rotatable bonds is 13. The molecule has 0 spiro atoms. The highest BCUT2D eigenvalue weighted by molar-refractivity contribution is 6.03. The Labute approximate surface area is 333 Å². The summed E-state index contributed by atoms with van der Waals surface area (Å²) in [4.78, 5) is 49.2. The van der Waals surface area contributed by atoms with Gasteiger partial charge in [0, 0.05) is 69.2 Å². The minimum atomic E-state index is -4.46. The number of aromatic nitrogens is 4. The van der Waals surface area contributed by atoms with Crippen molar-refractivity contribution in [3.8, 4) is 11.5 Å². The van der Waals surface area contributed by atoms with Gasteiger partial charge < -0.3 is 24.9 Å². The first-order valence-electron chi connectivity index (χ1n) is 19.4. The molecule has 0 radical (unpaired) electrons. The van der Waals surface area contributed by atoms with E-state index in [2.05, 4.69) is 40.8 Å². The first-order valence-corrected chi connectivity index (χ1v) is 19.4. The molecule has 3 N–H and O–H groups in total. The van der Waals surface area contributed by atoms with Gasteiger partial charge >= 0.3 is 6.18 Å². The highest BCUT2D eigenvalue weighted by Gasteiger charge is 2.33.